The summed E-state index contributed by atoms with van der Waals surface area (Å²) in [4.78, 5) is 11.1. The Morgan fingerprint density at radius 1 is 0.862 bits per heavy atom. The van der Waals surface area contributed by atoms with Crippen molar-refractivity contribution in [2.45, 2.75) is 27.7 Å². The predicted octanol–water partition coefficient (Wildman–Crippen LogP) is 5.71. The second kappa shape index (κ2) is 8.86. The number of anilines is 5. The van der Waals surface area contributed by atoms with Crippen molar-refractivity contribution in [1.82, 2.24) is 9.97 Å². The maximum atomic E-state index is 13.4. The average Bonchev–Trinajstić information content (AvgIpc) is 2.67. The van der Waals surface area contributed by atoms with Crippen molar-refractivity contribution in [2.24, 2.45) is 0 Å². The molecule has 3 rings (SSSR count). The van der Waals surface area contributed by atoms with E-state index in [1.807, 2.05) is 26.0 Å². The van der Waals surface area contributed by atoms with Gasteiger partial charge in [0, 0.05) is 48.0 Å². The van der Waals surface area contributed by atoms with Gasteiger partial charge in [0.05, 0.1) is 0 Å². The maximum Gasteiger partial charge on any atom is 0.229 e. The quantitative estimate of drug-likeness (QED) is 0.535. The van der Waals surface area contributed by atoms with Crippen molar-refractivity contribution in [3.05, 3.63) is 65.4 Å². The molecule has 29 heavy (non-hydrogen) atoms. The summed E-state index contributed by atoms with van der Waals surface area (Å²) >= 11 is 0. The molecule has 0 fully saturated rings. The van der Waals surface area contributed by atoms with Crippen LogP contribution in [0.4, 0.5) is 37.6 Å². The zero-order chi connectivity index (χ0) is 21.0. The summed E-state index contributed by atoms with van der Waals surface area (Å²) in [7, 11) is 0. The van der Waals surface area contributed by atoms with Crippen LogP contribution in [0.5, 0.6) is 0 Å². The molecule has 1 aromatic heterocycles. The monoisotopic (exact) mass is 397 g/mol. The predicted molar refractivity (Wildman–Crippen MR) is 114 cm³/mol. The lowest BCUT2D eigenvalue weighted by Gasteiger charge is -2.22. The molecule has 7 heteroatoms. The molecule has 0 aliphatic heterocycles. The van der Waals surface area contributed by atoms with Crippen LogP contribution >= 0.6 is 0 Å². The molecule has 1 heterocycles. The normalized spacial score (nSPS) is 10.7. The Labute approximate surface area is 169 Å². The summed E-state index contributed by atoms with van der Waals surface area (Å²) in [6.45, 7) is 10.1. The molecule has 5 nitrogen and oxygen atoms in total. The third kappa shape index (κ3) is 4.99. The van der Waals surface area contributed by atoms with Crippen LogP contribution in [0.25, 0.3) is 0 Å². The summed E-state index contributed by atoms with van der Waals surface area (Å²) in [5.41, 5.74) is 4.33. The fourth-order valence-electron chi connectivity index (χ4n) is 3.10. The van der Waals surface area contributed by atoms with Gasteiger partial charge in [-0.1, -0.05) is 0 Å². The fraction of sp³-hybridized carbons (Fsp3) is 0.273. The van der Waals surface area contributed by atoms with Crippen LogP contribution in [0.2, 0.25) is 0 Å². The van der Waals surface area contributed by atoms with Gasteiger partial charge in [0.15, 0.2) is 11.6 Å². The molecule has 0 aliphatic rings. The van der Waals surface area contributed by atoms with E-state index < -0.39 is 11.6 Å². The lowest BCUT2D eigenvalue weighted by atomic mass is 10.1. The molecule has 2 aromatic carbocycles. The second-order valence-electron chi connectivity index (χ2n) is 6.77. The van der Waals surface area contributed by atoms with Gasteiger partial charge >= 0.3 is 0 Å². The Morgan fingerprint density at radius 2 is 1.62 bits per heavy atom. The van der Waals surface area contributed by atoms with E-state index in [-0.39, 0.29) is 0 Å². The van der Waals surface area contributed by atoms with E-state index in [0.29, 0.717) is 17.5 Å². The Kier molecular flexibility index (Phi) is 6.26. The van der Waals surface area contributed by atoms with E-state index >= 15 is 0 Å². The third-order valence-electron chi connectivity index (χ3n) is 4.63. The van der Waals surface area contributed by atoms with Crippen molar-refractivity contribution in [3.63, 3.8) is 0 Å². The van der Waals surface area contributed by atoms with Gasteiger partial charge in [0.25, 0.3) is 0 Å². The first kappa shape index (κ1) is 20.5. The van der Waals surface area contributed by atoms with Crippen LogP contribution in [-0.4, -0.2) is 23.1 Å². The second-order valence-corrected chi connectivity index (χ2v) is 6.77. The van der Waals surface area contributed by atoms with Gasteiger partial charge in [0.1, 0.15) is 5.82 Å². The summed E-state index contributed by atoms with van der Waals surface area (Å²) in [5, 5.41) is 6.24. The first-order valence-electron chi connectivity index (χ1n) is 9.60. The molecule has 152 valence electrons. The minimum Gasteiger partial charge on any atom is -0.372 e. The molecule has 2 N–H and O–H groups in total. The van der Waals surface area contributed by atoms with E-state index in [1.54, 1.807) is 0 Å². The molecular formula is C22H25F2N5. The standard InChI is InChI=1S/C22H25F2N5/c1-5-29(6-2)17-8-10-20(14(3)11-17)27-21-12-15(4)25-22(28-21)26-16-7-9-18(23)19(24)13-16/h7-13H,5-6H2,1-4H3,(H2,25,26,27,28). The van der Waals surface area contributed by atoms with Crippen LogP contribution in [0, 0.1) is 25.5 Å². The zero-order valence-corrected chi connectivity index (χ0v) is 17.1. The van der Waals surface area contributed by atoms with Crippen molar-refractivity contribution in [3.8, 4) is 0 Å². The lowest BCUT2D eigenvalue weighted by Crippen LogP contribution is -2.21. The van der Waals surface area contributed by atoms with Gasteiger partial charge in [-0.3, -0.25) is 0 Å². The van der Waals surface area contributed by atoms with E-state index in [4.69, 9.17) is 0 Å². The van der Waals surface area contributed by atoms with Crippen molar-refractivity contribution in [1.29, 1.82) is 0 Å². The first-order chi connectivity index (χ1) is 13.9. The molecule has 0 spiro atoms. The average molecular weight is 397 g/mol. The van der Waals surface area contributed by atoms with Crippen LogP contribution in [0.3, 0.4) is 0 Å². The molecule has 0 atom stereocenters. The van der Waals surface area contributed by atoms with Crippen molar-refractivity contribution in [2.75, 3.05) is 28.6 Å². The first-order valence-corrected chi connectivity index (χ1v) is 9.60. The van der Waals surface area contributed by atoms with Crippen LogP contribution in [0.1, 0.15) is 25.1 Å². The topological polar surface area (TPSA) is 53.1 Å². The number of benzene rings is 2. The summed E-state index contributed by atoms with van der Waals surface area (Å²) in [5.74, 6) is -0.909. The SMILES string of the molecule is CCN(CC)c1ccc(Nc2cc(C)nc(Nc3ccc(F)c(F)c3)n2)c(C)c1. The highest BCUT2D eigenvalue weighted by Crippen LogP contribution is 2.26. The highest BCUT2D eigenvalue weighted by atomic mass is 19.2. The molecule has 0 radical (unpaired) electrons. The molecule has 0 aliphatic carbocycles. The lowest BCUT2D eigenvalue weighted by molar-refractivity contribution is 0.509. The molecule has 0 saturated carbocycles. The smallest absolute Gasteiger partial charge is 0.229 e. The van der Waals surface area contributed by atoms with Crippen molar-refractivity contribution >= 4 is 28.8 Å². The molecule has 0 bridgehead atoms. The molecule has 0 amide bonds. The molecule has 0 saturated heterocycles. The van der Waals surface area contributed by atoms with Crippen LogP contribution < -0.4 is 15.5 Å². The Hall–Kier alpha value is -3.22. The number of aromatic nitrogens is 2. The van der Waals surface area contributed by atoms with Gasteiger partial charge < -0.3 is 15.5 Å². The zero-order valence-electron chi connectivity index (χ0n) is 17.1. The fourth-order valence-corrected chi connectivity index (χ4v) is 3.10. The van der Waals surface area contributed by atoms with Crippen molar-refractivity contribution < 1.29 is 8.78 Å². The number of nitrogens with zero attached hydrogens (tertiary/aromatic N) is 3. The van der Waals surface area contributed by atoms with E-state index in [1.165, 1.54) is 11.8 Å². The number of aryl methyl sites for hydroxylation is 2. The van der Waals surface area contributed by atoms with E-state index in [9.17, 15) is 8.78 Å². The Balaban J connectivity index is 1.82. The number of hydrogen-bond donors (Lipinski definition) is 2. The molecule has 0 unspecified atom stereocenters. The molecular weight excluding hydrogens is 372 g/mol. The third-order valence-corrected chi connectivity index (χ3v) is 4.63. The highest BCUT2D eigenvalue weighted by molar-refractivity contribution is 5.66. The largest absolute Gasteiger partial charge is 0.372 e. The Morgan fingerprint density at radius 3 is 2.28 bits per heavy atom. The number of nitrogens with one attached hydrogen (secondary N) is 2. The van der Waals surface area contributed by atoms with Crippen LogP contribution in [-0.2, 0) is 0 Å². The van der Waals surface area contributed by atoms with E-state index in [0.717, 1.165) is 42.2 Å². The number of rotatable bonds is 7. The number of halogens is 2. The maximum absolute atomic E-state index is 13.4. The Bertz CT molecular complexity index is 1000. The highest BCUT2D eigenvalue weighted by Gasteiger charge is 2.09. The van der Waals surface area contributed by atoms with Gasteiger partial charge in [-0.05, 0) is 63.6 Å². The van der Waals surface area contributed by atoms with Crippen LogP contribution in [0.15, 0.2) is 42.5 Å². The molecule has 3 aromatic rings. The number of hydrogen-bond acceptors (Lipinski definition) is 5. The minimum atomic E-state index is -0.926. The minimum absolute atomic E-state index is 0.302. The summed E-state index contributed by atoms with van der Waals surface area (Å²) in [6.07, 6.45) is 0. The van der Waals surface area contributed by atoms with Gasteiger partial charge in [0.2, 0.25) is 5.95 Å². The van der Waals surface area contributed by atoms with Gasteiger partial charge in [-0.25, -0.2) is 13.8 Å². The summed E-state index contributed by atoms with van der Waals surface area (Å²) in [6, 6.07) is 11.7. The van der Waals surface area contributed by atoms with Gasteiger partial charge in [-0.2, -0.15) is 4.98 Å². The summed E-state index contributed by atoms with van der Waals surface area (Å²) < 4.78 is 26.6. The van der Waals surface area contributed by atoms with E-state index in [2.05, 4.69) is 51.5 Å². The van der Waals surface area contributed by atoms with Gasteiger partial charge in [-0.15, -0.1) is 0 Å².